The van der Waals surface area contributed by atoms with Gasteiger partial charge in [0.05, 0.1) is 18.2 Å². The Morgan fingerprint density at radius 2 is 2.08 bits per heavy atom. The van der Waals surface area contributed by atoms with Gasteiger partial charge >= 0.3 is 0 Å². The molecule has 1 N–H and O–H groups in total. The summed E-state index contributed by atoms with van der Waals surface area (Å²) in [7, 11) is 0. The molecule has 0 aromatic carbocycles. The van der Waals surface area contributed by atoms with Crippen LogP contribution in [0.25, 0.3) is 0 Å². The number of nitriles is 1. The molecule has 5 aliphatic rings. The van der Waals surface area contributed by atoms with E-state index in [9.17, 15) is 10.1 Å². The van der Waals surface area contributed by atoms with Crippen molar-refractivity contribution in [2.75, 3.05) is 19.7 Å². The number of ether oxygens (including phenoxy) is 1. The summed E-state index contributed by atoms with van der Waals surface area (Å²) in [5.41, 5.74) is 0.0431. The van der Waals surface area contributed by atoms with Crippen molar-refractivity contribution in [1.29, 1.82) is 5.26 Å². The van der Waals surface area contributed by atoms with Crippen LogP contribution in [-0.2, 0) is 9.53 Å². The third-order valence-electron chi connectivity index (χ3n) is 6.75. The highest BCUT2D eigenvalue weighted by molar-refractivity contribution is 5.79. The number of amides is 1. The minimum atomic E-state index is -0.225. The van der Waals surface area contributed by atoms with Crippen LogP contribution in [0.15, 0.2) is 0 Å². The van der Waals surface area contributed by atoms with Crippen LogP contribution in [-0.4, -0.2) is 47.7 Å². The predicted octanol–water partition coefficient (Wildman–Crippen LogP) is 2.03. The zero-order valence-electron chi connectivity index (χ0n) is 14.4. The van der Waals surface area contributed by atoms with Gasteiger partial charge < -0.3 is 15.0 Å². The average molecular weight is 330 g/mol. The van der Waals surface area contributed by atoms with Crippen LogP contribution in [0.1, 0.15) is 51.4 Å². The second-order valence-electron chi connectivity index (χ2n) is 8.50. The molecule has 1 heterocycles. The van der Waals surface area contributed by atoms with E-state index in [-0.39, 0.29) is 23.1 Å². The molecule has 0 spiro atoms. The summed E-state index contributed by atoms with van der Waals surface area (Å²) in [6, 6.07) is 2.04. The number of hydrogen-bond donors (Lipinski definition) is 1. The molecular weight excluding hydrogens is 302 g/mol. The van der Waals surface area contributed by atoms with Crippen molar-refractivity contribution in [2.24, 2.45) is 11.8 Å². The lowest BCUT2D eigenvalue weighted by molar-refractivity contribution is -0.171. The quantitative estimate of drug-likeness (QED) is 0.838. The zero-order chi connectivity index (χ0) is 16.8. The van der Waals surface area contributed by atoms with E-state index in [4.69, 9.17) is 4.74 Å². The summed E-state index contributed by atoms with van der Waals surface area (Å²) in [5, 5.41) is 12.8. The molecule has 4 aliphatic carbocycles. The van der Waals surface area contributed by atoms with Crippen molar-refractivity contribution in [3.8, 4) is 6.07 Å². The van der Waals surface area contributed by atoms with Crippen molar-refractivity contribution in [3.63, 3.8) is 0 Å². The minimum Gasteiger partial charge on any atom is -0.375 e. The maximum atomic E-state index is 12.6. The fourth-order valence-corrected chi connectivity index (χ4v) is 6.33. The molecule has 1 aliphatic heterocycles. The molecule has 4 saturated carbocycles. The lowest BCUT2D eigenvalue weighted by Crippen LogP contribution is -2.66. The number of nitrogens with one attached hydrogen (secondary N) is 1. The summed E-state index contributed by atoms with van der Waals surface area (Å²) in [5.74, 6) is 1.53. The highest BCUT2D eigenvalue weighted by Crippen LogP contribution is 2.58. The first-order chi connectivity index (χ1) is 11.6. The first kappa shape index (κ1) is 16.4. The van der Waals surface area contributed by atoms with Crippen molar-refractivity contribution in [2.45, 2.75) is 68.5 Å². The number of hydrogen-bond acceptors (Lipinski definition) is 4. The first-order valence-electron chi connectivity index (χ1n) is 9.44. The number of nitrogens with zero attached hydrogens (tertiary/aromatic N) is 2. The van der Waals surface area contributed by atoms with Crippen LogP contribution in [0.2, 0.25) is 0 Å². The van der Waals surface area contributed by atoms with E-state index in [1.54, 1.807) is 4.90 Å². The molecule has 5 atom stereocenters. The molecule has 131 valence electrons. The van der Waals surface area contributed by atoms with E-state index >= 15 is 0 Å². The molecule has 1 saturated heterocycles. The molecule has 5 nitrogen and oxygen atoms in total. The molecule has 1 radical (unpaired) electrons. The summed E-state index contributed by atoms with van der Waals surface area (Å²) >= 11 is 0. The SMILES string of the molecule is [CH2]COC12CC3C[C@@H](CC(NCC(=O)N4CCC[C@H]4C#N)(C3)C1)C2. The molecule has 3 unspecified atom stereocenters. The Kier molecular flexibility index (Phi) is 4.09. The average Bonchev–Trinajstić information content (AvgIpc) is 3.00. The Morgan fingerprint density at radius 1 is 1.33 bits per heavy atom. The van der Waals surface area contributed by atoms with Crippen molar-refractivity contribution >= 4 is 5.91 Å². The molecule has 5 rings (SSSR count). The molecule has 1 amide bonds. The standard InChI is InChI=1S/C19H28N3O2/c1-2-24-19-9-14-6-15(10-19)8-18(7-14,13-19)21-12-17(23)22-5-3-4-16(22)11-20/h14-16,21H,1-10,12-13H2/t14-,15?,16-,18?,19?/m0/s1. The van der Waals surface area contributed by atoms with Crippen molar-refractivity contribution in [3.05, 3.63) is 6.92 Å². The van der Waals surface area contributed by atoms with E-state index in [0.717, 1.165) is 37.6 Å². The normalized spacial score (nSPS) is 43.2. The smallest absolute Gasteiger partial charge is 0.237 e. The highest BCUT2D eigenvalue weighted by Gasteiger charge is 2.58. The van der Waals surface area contributed by atoms with Gasteiger partial charge in [0.2, 0.25) is 5.91 Å². The van der Waals surface area contributed by atoms with E-state index in [0.29, 0.717) is 13.2 Å². The zero-order valence-corrected chi connectivity index (χ0v) is 14.4. The van der Waals surface area contributed by atoms with Crippen LogP contribution in [0.3, 0.4) is 0 Å². The van der Waals surface area contributed by atoms with Crippen molar-refractivity contribution in [1.82, 2.24) is 10.2 Å². The maximum Gasteiger partial charge on any atom is 0.237 e. The number of carbonyl (C=O) groups is 1. The third-order valence-corrected chi connectivity index (χ3v) is 6.75. The van der Waals surface area contributed by atoms with E-state index in [2.05, 4.69) is 18.3 Å². The van der Waals surface area contributed by atoms with Crippen molar-refractivity contribution < 1.29 is 9.53 Å². The van der Waals surface area contributed by atoms with Gasteiger partial charge in [0.15, 0.2) is 0 Å². The largest absolute Gasteiger partial charge is 0.375 e. The van der Waals surface area contributed by atoms with Crippen LogP contribution in [0.4, 0.5) is 0 Å². The van der Waals surface area contributed by atoms with Gasteiger partial charge in [0.25, 0.3) is 0 Å². The van der Waals surface area contributed by atoms with Gasteiger partial charge in [0, 0.05) is 18.7 Å². The molecule has 4 bridgehead atoms. The third kappa shape index (κ3) is 2.74. The maximum absolute atomic E-state index is 12.6. The van der Waals surface area contributed by atoms with Crippen LogP contribution >= 0.6 is 0 Å². The Balaban J connectivity index is 1.43. The Labute approximate surface area is 144 Å². The number of rotatable bonds is 5. The second-order valence-corrected chi connectivity index (χ2v) is 8.50. The molecule has 0 aromatic rings. The summed E-state index contributed by atoms with van der Waals surface area (Å²) in [4.78, 5) is 14.3. The van der Waals surface area contributed by atoms with Gasteiger partial charge in [-0.1, -0.05) is 0 Å². The predicted molar refractivity (Wildman–Crippen MR) is 89.8 cm³/mol. The van der Waals surface area contributed by atoms with E-state index < -0.39 is 0 Å². The lowest BCUT2D eigenvalue weighted by Gasteiger charge is -2.62. The monoisotopic (exact) mass is 330 g/mol. The highest BCUT2D eigenvalue weighted by atomic mass is 16.5. The van der Waals surface area contributed by atoms with E-state index in [1.165, 1.54) is 32.1 Å². The summed E-state index contributed by atoms with van der Waals surface area (Å²) in [6.07, 6.45) is 8.76. The number of likely N-dealkylation sites (tertiary alicyclic amines) is 1. The Morgan fingerprint density at radius 3 is 2.75 bits per heavy atom. The Hall–Kier alpha value is -1.12. The minimum absolute atomic E-state index is 0.00921. The summed E-state index contributed by atoms with van der Waals surface area (Å²) < 4.78 is 6.12. The van der Waals surface area contributed by atoms with Crippen LogP contribution in [0, 0.1) is 30.1 Å². The van der Waals surface area contributed by atoms with Gasteiger partial charge in [-0.2, -0.15) is 5.26 Å². The molecule has 5 heteroatoms. The fraction of sp³-hybridized carbons (Fsp3) is 0.842. The van der Waals surface area contributed by atoms with Gasteiger partial charge in [-0.3, -0.25) is 4.79 Å². The number of carbonyl (C=O) groups excluding carboxylic acids is 1. The molecule has 24 heavy (non-hydrogen) atoms. The first-order valence-corrected chi connectivity index (χ1v) is 9.44. The molecular formula is C19H28N3O2. The van der Waals surface area contributed by atoms with Crippen LogP contribution < -0.4 is 5.32 Å². The summed E-state index contributed by atoms with van der Waals surface area (Å²) in [6.45, 7) is 5.52. The van der Waals surface area contributed by atoms with Crippen LogP contribution in [0.5, 0.6) is 0 Å². The van der Waals surface area contributed by atoms with Gasteiger partial charge in [-0.25, -0.2) is 0 Å². The fourth-order valence-electron chi connectivity index (χ4n) is 6.33. The van der Waals surface area contributed by atoms with E-state index in [1.807, 2.05) is 0 Å². The van der Waals surface area contributed by atoms with Gasteiger partial charge in [0.1, 0.15) is 6.04 Å². The molecule has 5 fully saturated rings. The lowest BCUT2D eigenvalue weighted by atomic mass is 9.51. The second kappa shape index (κ2) is 6.00. The van der Waals surface area contributed by atoms with Gasteiger partial charge in [-0.15, -0.1) is 0 Å². The topological polar surface area (TPSA) is 65.4 Å². The Bertz CT molecular complexity index is 541. The van der Waals surface area contributed by atoms with Gasteiger partial charge in [-0.05, 0) is 70.1 Å². The molecule has 0 aromatic heterocycles.